The molecule has 96 valence electrons. The zero-order valence-corrected chi connectivity index (χ0v) is 11.2. The van der Waals surface area contributed by atoms with Crippen LogP contribution in [0.3, 0.4) is 0 Å². The van der Waals surface area contributed by atoms with Gasteiger partial charge in [-0.1, -0.05) is 31.4 Å². The van der Waals surface area contributed by atoms with Crippen molar-refractivity contribution in [2.45, 2.75) is 44.9 Å². The van der Waals surface area contributed by atoms with E-state index in [2.05, 4.69) is 12.2 Å². The SMILES string of the molecule is COCOCCC=CCCCCCCCCl. The fourth-order valence-electron chi connectivity index (χ4n) is 1.42. The Bertz CT molecular complexity index is 149. The predicted molar refractivity (Wildman–Crippen MR) is 70.0 cm³/mol. The Labute approximate surface area is 105 Å². The lowest BCUT2D eigenvalue weighted by molar-refractivity contribution is -0.0285. The fourth-order valence-corrected chi connectivity index (χ4v) is 1.61. The van der Waals surface area contributed by atoms with Crippen LogP contribution in [0.2, 0.25) is 0 Å². The van der Waals surface area contributed by atoms with Gasteiger partial charge in [0.1, 0.15) is 6.79 Å². The van der Waals surface area contributed by atoms with Crippen molar-refractivity contribution in [2.24, 2.45) is 0 Å². The highest BCUT2D eigenvalue weighted by molar-refractivity contribution is 6.17. The van der Waals surface area contributed by atoms with Gasteiger partial charge in [-0.25, -0.2) is 0 Å². The van der Waals surface area contributed by atoms with Gasteiger partial charge in [0.05, 0.1) is 6.61 Å². The Kier molecular flexibility index (Phi) is 14.9. The van der Waals surface area contributed by atoms with Crippen molar-refractivity contribution in [2.75, 3.05) is 26.4 Å². The molecule has 0 bridgehead atoms. The molecule has 0 aliphatic carbocycles. The first-order valence-electron chi connectivity index (χ1n) is 6.19. The van der Waals surface area contributed by atoms with Crippen LogP contribution >= 0.6 is 11.6 Å². The molecule has 0 amide bonds. The summed E-state index contributed by atoms with van der Waals surface area (Å²) in [6.07, 6.45) is 13.0. The van der Waals surface area contributed by atoms with Gasteiger partial charge >= 0.3 is 0 Å². The van der Waals surface area contributed by atoms with Crippen molar-refractivity contribution in [1.29, 1.82) is 0 Å². The summed E-state index contributed by atoms with van der Waals surface area (Å²) >= 11 is 5.60. The van der Waals surface area contributed by atoms with Crippen molar-refractivity contribution in [3.8, 4) is 0 Å². The predicted octanol–water partition coefficient (Wildman–Crippen LogP) is 4.13. The minimum absolute atomic E-state index is 0.397. The average Bonchev–Trinajstić information content (AvgIpc) is 2.31. The molecule has 0 spiro atoms. The van der Waals surface area contributed by atoms with Crippen LogP contribution in [-0.2, 0) is 9.47 Å². The first kappa shape index (κ1) is 16.0. The van der Waals surface area contributed by atoms with Crippen LogP contribution in [0.4, 0.5) is 0 Å². The third-order valence-electron chi connectivity index (χ3n) is 2.30. The normalized spacial score (nSPS) is 11.4. The van der Waals surface area contributed by atoms with Crippen LogP contribution < -0.4 is 0 Å². The quantitative estimate of drug-likeness (QED) is 0.224. The lowest BCUT2D eigenvalue weighted by Crippen LogP contribution is -1.96. The standard InChI is InChI=1S/C13H25ClO2/c1-15-13-16-12-10-8-6-4-2-3-5-7-9-11-14/h6,8H,2-5,7,9-13H2,1H3. The van der Waals surface area contributed by atoms with Crippen molar-refractivity contribution < 1.29 is 9.47 Å². The van der Waals surface area contributed by atoms with Crippen LogP contribution in [0.5, 0.6) is 0 Å². The van der Waals surface area contributed by atoms with E-state index in [9.17, 15) is 0 Å². The number of allylic oxidation sites excluding steroid dienone is 1. The van der Waals surface area contributed by atoms with Crippen molar-refractivity contribution >= 4 is 11.6 Å². The maximum Gasteiger partial charge on any atom is 0.146 e. The summed E-state index contributed by atoms with van der Waals surface area (Å²) in [6, 6.07) is 0. The lowest BCUT2D eigenvalue weighted by atomic mass is 10.1. The maximum atomic E-state index is 5.60. The molecule has 0 unspecified atom stereocenters. The highest BCUT2D eigenvalue weighted by Crippen LogP contribution is 2.06. The largest absolute Gasteiger partial charge is 0.359 e. The van der Waals surface area contributed by atoms with Crippen LogP contribution in [0.1, 0.15) is 44.9 Å². The summed E-state index contributed by atoms with van der Waals surface area (Å²) in [7, 11) is 1.64. The van der Waals surface area contributed by atoms with Crippen molar-refractivity contribution in [1.82, 2.24) is 0 Å². The molecule has 0 atom stereocenters. The zero-order valence-electron chi connectivity index (χ0n) is 10.4. The molecular weight excluding hydrogens is 224 g/mol. The van der Waals surface area contributed by atoms with Gasteiger partial charge in [-0.2, -0.15) is 0 Å². The third kappa shape index (κ3) is 13.9. The molecule has 0 saturated heterocycles. The number of hydrogen-bond acceptors (Lipinski definition) is 2. The van der Waals surface area contributed by atoms with E-state index in [0.717, 1.165) is 25.3 Å². The molecule has 16 heavy (non-hydrogen) atoms. The molecule has 0 aromatic heterocycles. The Morgan fingerprint density at radius 2 is 1.62 bits per heavy atom. The van der Waals surface area contributed by atoms with Crippen LogP contribution in [0.15, 0.2) is 12.2 Å². The molecule has 0 aliphatic heterocycles. The van der Waals surface area contributed by atoms with Gasteiger partial charge < -0.3 is 9.47 Å². The van der Waals surface area contributed by atoms with E-state index in [0.29, 0.717) is 6.79 Å². The van der Waals surface area contributed by atoms with E-state index in [-0.39, 0.29) is 0 Å². The molecule has 0 fully saturated rings. The van der Waals surface area contributed by atoms with Gasteiger partial charge in [0, 0.05) is 13.0 Å². The van der Waals surface area contributed by atoms with E-state index in [1.54, 1.807) is 7.11 Å². The Morgan fingerprint density at radius 3 is 2.38 bits per heavy atom. The average molecular weight is 249 g/mol. The number of hydrogen-bond donors (Lipinski definition) is 0. The molecule has 0 heterocycles. The smallest absolute Gasteiger partial charge is 0.146 e. The topological polar surface area (TPSA) is 18.5 Å². The van der Waals surface area contributed by atoms with Crippen LogP contribution in [-0.4, -0.2) is 26.4 Å². The monoisotopic (exact) mass is 248 g/mol. The number of rotatable bonds is 12. The van der Waals surface area contributed by atoms with Gasteiger partial charge in [-0.05, 0) is 25.7 Å². The molecule has 0 aliphatic rings. The van der Waals surface area contributed by atoms with E-state index in [1.165, 1.54) is 32.1 Å². The third-order valence-corrected chi connectivity index (χ3v) is 2.57. The molecule has 0 aromatic carbocycles. The van der Waals surface area contributed by atoms with Gasteiger partial charge in [0.15, 0.2) is 0 Å². The summed E-state index contributed by atoms with van der Waals surface area (Å²) in [5.41, 5.74) is 0. The molecule has 3 heteroatoms. The first-order valence-corrected chi connectivity index (χ1v) is 6.73. The summed E-state index contributed by atoms with van der Waals surface area (Å²) in [4.78, 5) is 0. The van der Waals surface area contributed by atoms with Crippen LogP contribution in [0, 0.1) is 0 Å². The maximum absolute atomic E-state index is 5.60. The van der Waals surface area contributed by atoms with Crippen molar-refractivity contribution in [3.63, 3.8) is 0 Å². The molecule has 0 N–H and O–H groups in total. The molecule has 0 rings (SSSR count). The summed E-state index contributed by atoms with van der Waals surface area (Å²) in [5.74, 6) is 0.807. The summed E-state index contributed by atoms with van der Waals surface area (Å²) < 4.78 is 9.95. The second-order valence-corrected chi connectivity index (χ2v) is 4.20. The second-order valence-electron chi connectivity index (χ2n) is 3.82. The molecule has 0 radical (unpaired) electrons. The minimum Gasteiger partial charge on any atom is -0.359 e. The van der Waals surface area contributed by atoms with E-state index in [4.69, 9.17) is 21.1 Å². The van der Waals surface area contributed by atoms with E-state index < -0.39 is 0 Å². The Morgan fingerprint density at radius 1 is 0.938 bits per heavy atom. The number of unbranched alkanes of at least 4 members (excludes halogenated alkanes) is 5. The van der Waals surface area contributed by atoms with Crippen molar-refractivity contribution in [3.05, 3.63) is 12.2 Å². The Hall–Kier alpha value is -0.0500. The highest BCUT2D eigenvalue weighted by atomic mass is 35.5. The number of methoxy groups -OCH3 is 1. The lowest BCUT2D eigenvalue weighted by Gasteiger charge is -1.99. The van der Waals surface area contributed by atoms with Gasteiger partial charge in [0.25, 0.3) is 0 Å². The molecule has 0 aromatic rings. The number of alkyl halides is 1. The van der Waals surface area contributed by atoms with Gasteiger partial charge in [-0.15, -0.1) is 11.6 Å². The highest BCUT2D eigenvalue weighted by Gasteiger charge is 1.88. The summed E-state index contributed by atoms with van der Waals surface area (Å²) in [6.45, 7) is 1.15. The minimum atomic E-state index is 0.397. The number of halogens is 1. The second kappa shape index (κ2) is 14.9. The number of ether oxygens (including phenoxy) is 2. The van der Waals surface area contributed by atoms with E-state index >= 15 is 0 Å². The van der Waals surface area contributed by atoms with Gasteiger partial charge in [0.2, 0.25) is 0 Å². The Balaban J connectivity index is 2.98. The fraction of sp³-hybridized carbons (Fsp3) is 0.846. The summed E-state index contributed by atoms with van der Waals surface area (Å²) in [5, 5.41) is 0. The first-order chi connectivity index (χ1) is 7.91. The van der Waals surface area contributed by atoms with Gasteiger partial charge in [-0.3, -0.25) is 0 Å². The molecule has 2 nitrogen and oxygen atoms in total. The molecule has 0 saturated carbocycles. The molecular formula is C13H25ClO2. The van der Waals surface area contributed by atoms with Crippen LogP contribution in [0.25, 0.3) is 0 Å². The van der Waals surface area contributed by atoms with E-state index in [1.807, 2.05) is 0 Å². The zero-order chi connectivity index (χ0) is 11.9.